The number of nitrogens with zero attached hydrogens (tertiary/aromatic N) is 1. The van der Waals surface area contributed by atoms with Gasteiger partial charge in [-0.1, -0.05) is 24.3 Å². The summed E-state index contributed by atoms with van der Waals surface area (Å²) in [6, 6.07) is 8.09. The molecule has 1 fully saturated rings. The normalized spacial score (nSPS) is 23.4. The van der Waals surface area contributed by atoms with Crippen LogP contribution < -0.4 is 0 Å². The van der Waals surface area contributed by atoms with E-state index in [-0.39, 0.29) is 18.2 Å². The summed E-state index contributed by atoms with van der Waals surface area (Å²) in [6.45, 7) is 0.573. The Morgan fingerprint density at radius 3 is 2.45 bits per heavy atom. The lowest BCUT2D eigenvalue weighted by Gasteiger charge is -2.30. The number of hydrogen-bond donors (Lipinski definition) is 1. The Balaban J connectivity index is 1.66. The zero-order valence-corrected chi connectivity index (χ0v) is 13.3. The van der Waals surface area contributed by atoms with Crippen LogP contribution in [0.1, 0.15) is 24.0 Å². The number of fused-ring (bicyclic) bond motifs is 1. The van der Waals surface area contributed by atoms with Crippen molar-refractivity contribution in [2.24, 2.45) is 11.8 Å². The van der Waals surface area contributed by atoms with E-state index >= 15 is 0 Å². The second-order valence-corrected chi connectivity index (χ2v) is 8.37. The smallest absolute Gasteiger partial charge is 0.307 e. The van der Waals surface area contributed by atoms with Crippen molar-refractivity contribution < 1.29 is 18.3 Å². The summed E-state index contributed by atoms with van der Waals surface area (Å²) in [5, 5.41) is 9.10. The van der Waals surface area contributed by atoms with E-state index in [1.165, 1.54) is 15.4 Å². The van der Waals surface area contributed by atoms with E-state index in [2.05, 4.69) is 12.1 Å². The van der Waals surface area contributed by atoms with E-state index in [1.54, 1.807) is 0 Å². The average Bonchev–Trinajstić information content (AvgIpc) is 2.88. The summed E-state index contributed by atoms with van der Waals surface area (Å²) >= 11 is 0. The summed E-state index contributed by atoms with van der Waals surface area (Å²) in [5.74, 6) is -1.24. The van der Waals surface area contributed by atoms with Crippen LogP contribution in [0.4, 0.5) is 0 Å². The second kappa shape index (κ2) is 6.01. The minimum atomic E-state index is -3.38. The third kappa shape index (κ3) is 3.17. The zero-order chi connectivity index (χ0) is 15.7. The predicted molar refractivity (Wildman–Crippen MR) is 83.1 cm³/mol. The minimum absolute atomic E-state index is 0.104. The monoisotopic (exact) mass is 323 g/mol. The lowest BCUT2D eigenvalue weighted by Crippen LogP contribution is -2.44. The molecule has 0 radical (unpaired) electrons. The molecule has 1 aliphatic heterocycles. The lowest BCUT2D eigenvalue weighted by atomic mass is 10.0. The van der Waals surface area contributed by atoms with Crippen LogP contribution in [0.2, 0.25) is 0 Å². The minimum Gasteiger partial charge on any atom is -0.481 e. The van der Waals surface area contributed by atoms with Gasteiger partial charge in [-0.15, -0.1) is 0 Å². The molecule has 5 nitrogen and oxygen atoms in total. The molecule has 1 heterocycles. The highest BCUT2D eigenvalue weighted by molar-refractivity contribution is 7.89. The van der Waals surface area contributed by atoms with Gasteiger partial charge in [0.2, 0.25) is 10.0 Å². The van der Waals surface area contributed by atoms with Crippen LogP contribution in [0.25, 0.3) is 0 Å². The predicted octanol–water partition coefficient (Wildman–Crippen LogP) is 1.53. The number of piperidine rings is 1. The first-order valence-corrected chi connectivity index (χ1v) is 9.34. The summed E-state index contributed by atoms with van der Waals surface area (Å²) in [6.07, 6.45) is 2.79. The molecule has 0 bridgehead atoms. The Labute approximate surface area is 131 Å². The third-order valence-corrected chi connectivity index (χ3v) is 6.72. The van der Waals surface area contributed by atoms with Gasteiger partial charge < -0.3 is 5.11 Å². The number of carbonyl (C=O) groups is 1. The van der Waals surface area contributed by atoms with Gasteiger partial charge in [0.05, 0.1) is 11.7 Å². The van der Waals surface area contributed by atoms with Crippen molar-refractivity contribution in [2.75, 3.05) is 18.8 Å². The van der Waals surface area contributed by atoms with Crippen LogP contribution in [0.3, 0.4) is 0 Å². The van der Waals surface area contributed by atoms with Crippen LogP contribution in [0.5, 0.6) is 0 Å². The maximum Gasteiger partial charge on any atom is 0.307 e. The van der Waals surface area contributed by atoms with Crippen molar-refractivity contribution in [2.45, 2.75) is 25.7 Å². The molecule has 3 rings (SSSR count). The number of sulfonamides is 1. The van der Waals surface area contributed by atoms with Crippen molar-refractivity contribution in [3.63, 3.8) is 0 Å². The molecule has 6 heteroatoms. The summed E-state index contributed by atoms with van der Waals surface area (Å²) in [5.41, 5.74) is 2.48. The third-order valence-electron chi connectivity index (χ3n) is 4.71. The van der Waals surface area contributed by atoms with Crippen LogP contribution in [0.15, 0.2) is 24.3 Å². The number of hydrogen-bond acceptors (Lipinski definition) is 3. The highest BCUT2D eigenvalue weighted by Gasteiger charge is 2.34. The lowest BCUT2D eigenvalue weighted by molar-refractivity contribution is -0.142. The Bertz CT molecular complexity index is 645. The molecule has 0 aromatic heterocycles. The summed E-state index contributed by atoms with van der Waals surface area (Å²) in [7, 11) is -3.38. The molecule has 1 unspecified atom stereocenters. The van der Waals surface area contributed by atoms with Gasteiger partial charge >= 0.3 is 5.97 Å². The maximum atomic E-state index is 12.6. The molecule has 1 saturated heterocycles. The number of aliphatic carboxylic acids is 1. The molecule has 1 N–H and O–H groups in total. The van der Waals surface area contributed by atoms with Crippen LogP contribution in [-0.2, 0) is 27.7 Å². The van der Waals surface area contributed by atoms with E-state index in [9.17, 15) is 13.2 Å². The van der Waals surface area contributed by atoms with Gasteiger partial charge in [-0.25, -0.2) is 12.7 Å². The molecule has 1 aromatic carbocycles. The van der Waals surface area contributed by atoms with E-state index in [4.69, 9.17) is 5.11 Å². The fourth-order valence-electron chi connectivity index (χ4n) is 3.57. The number of carboxylic acids is 1. The number of carboxylic acid groups (broad SMARTS) is 1. The molecule has 1 aliphatic carbocycles. The van der Waals surface area contributed by atoms with Crippen LogP contribution in [0, 0.1) is 11.8 Å². The molecule has 1 atom stereocenters. The van der Waals surface area contributed by atoms with Crippen molar-refractivity contribution >= 4 is 16.0 Å². The van der Waals surface area contributed by atoms with Crippen molar-refractivity contribution in [3.05, 3.63) is 35.4 Å². The Morgan fingerprint density at radius 1 is 1.23 bits per heavy atom. The molecular formula is C16H21NO4S. The fraction of sp³-hybridized carbons (Fsp3) is 0.562. The molecule has 120 valence electrons. The highest BCUT2D eigenvalue weighted by atomic mass is 32.2. The Kier molecular flexibility index (Phi) is 4.23. The molecule has 0 spiro atoms. The fourth-order valence-corrected chi connectivity index (χ4v) is 5.42. The van der Waals surface area contributed by atoms with Gasteiger partial charge in [-0.2, -0.15) is 0 Å². The highest BCUT2D eigenvalue weighted by Crippen LogP contribution is 2.29. The van der Waals surface area contributed by atoms with Gasteiger partial charge in [0.1, 0.15) is 0 Å². The van der Waals surface area contributed by atoms with E-state index in [1.807, 2.05) is 12.1 Å². The zero-order valence-electron chi connectivity index (χ0n) is 12.4. The van der Waals surface area contributed by atoms with Crippen LogP contribution >= 0.6 is 0 Å². The SMILES string of the molecule is O=C(O)C1CCCN(S(=O)(=O)CC2Cc3ccccc3C2)C1. The largest absolute Gasteiger partial charge is 0.481 e. The van der Waals surface area contributed by atoms with Crippen LogP contribution in [-0.4, -0.2) is 42.6 Å². The van der Waals surface area contributed by atoms with E-state index < -0.39 is 21.9 Å². The van der Waals surface area contributed by atoms with Gasteiger partial charge in [0.15, 0.2) is 0 Å². The van der Waals surface area contributed by atoms with E-state index in [0.29, 0.717) is 19.4 Å². The number of rotatable bonds is 4. The van der Waals surface area contributed by atoms with Gasteiger partial charge in [-0.3, -0.25) is 4.79 Å². The molecule has 0 amide bonds. The van der Waals surface area contributed by atoms with Crippen molar-refractivity contribution in [1.29, 1.82) is 0 Å². The van der Waals surface area contributed by atoms with Gasteiger partial charge in [0.25, 0.3) is 0 Å². The molecule has 0 saturated carbocycles. The second-order valence-electron chi connectivity index (χ2n) is 6.36. The molecule has 1 aromatic rings. The summed E-state index contributed by atoms with van der Waals surface area (Å²) < 4.78 is 26.6. The molecular weight excluding hydrogens is 302 g/mol. The van der Waals surface area contributed by atoms with Crippen molar-refractivity contribution in [1.82, 2.24) is 4.31 Å². The maximum absolute atomic E-state index is 12.6. The van der Waals surface area contributed by atoms with E-state index in [0.717, 1.165) is 12.8 Å². The Hall–Kier alpha value is -1.40. The first-order chi connectivity index (χ1) is 10.5. The topological polar surface area (TPSA) is 74.7 Å². The molecule has 22 heavy (non-hydrogen) atoms. The summed E-state index contributed by atoms with van der Waals surface area (Å²) in [4.78, 5) is 11.1. The first kappa shape index (κ1) is 15.5. The average molecular weight is 323 g/mol. The van der Waals surface area contributed by atoms with Crippen molar-refractivity contribution in [3.8, 4) is 0 Å². The Morgan fingerprint density at radius 2 is 1.86 bits per heavy atom. The first-order valence-electron chi connectivity index (χ1n) is 7.73. The van der Waals surface area contributed by atoms with Gasteiger partial charge in [0, 0.05) is 13.1 Å². The molecule has 2 aliphatic rings. The number of benzene rings is 1. The van der Waals surface area contributed by atoms with Gasteiger partial charge in [-0.05, 0) is 42.7 Å². The standard InChI is InChI=1S/C16H21NO4S/c18-16(19)15-6-3-7-17(10-15)22(20,21)11-12-8-13-4-1-2-5-14(13)9-12/h1-2,4-5,12,15H,3,6-11H2,(H,18,19). The quantitative estimate of drug-likeness (QED) is 0.912.